The van der Waals surface area contributed by atoms with Crippen LogP contribution < -0.4 is 10.0 Å². The number of nitrogens with one attached hydrogen (secondary N) is 2. The minimum atomic E-state index is -0.391. The van der Waals surface area contributed by atoms with Crippen molar-refractivity contribution in [3.63, 3.8) is 0 Å². The Bertz CT molecular complexity index is 1250. The van der Waals surface area contributed by atoms with Crippen molar-refractivity contribution >= 4 is 46.0 Å². The summed E-state index contributed by atoms with van der Waals surface area (Å²) in [5.74, 6) is 1.12. The number of hydrogen-bond acceptors (Lipinski definition) is 7. The van der Waals surface area contributed by atoms with E-state index in [0.717, 1.165) is 32.7 Å². The molecule has 0 spiro atoms. The molecule has 0 saturated carbocycles. The largest absolute Gasteiger partial charge is 0.337 e. The molecule has 1 heterocycles. The number of para-hydroxylation sites is 2. The quantitative estimate of drug-likeness (QED) is 0.186. The van der Waals surface area contributed by atoms with Crippen molar-refractivity contribution in [3.05, 3.63) is 88.0 Å². The second-order valence-corrected chi connectivity index (χ2v) is 7.75. The average molecular weight is 448 g/mol. The molecule has 0 amide bonds. The van der Waals surface area contributed by atoms with Gasteiger partial charge in [0.05, 0.1) is 16.0 Å². The summed E-state index contributed by atoms with van der Waals surface area (Å²) in [6.07, 6.45) is 0. The van der Waals surface area contributed by atoms with Crippen LogP contribution in [0.4, 0.5) is 23.0 Å². The molecule has 4 rings (SSSR count). The van der Waals surface area contributed by atoms with E-state index in [1.54, 1.807) is 6.07 Å². The van der Waals surface area contributed by atoms with Crippen LogP contribution >= 0.6 is 11.9 Å². The van der Waals surface area contributed by atoms with E-state index in [1.807, 2.05) is 82.3 Å². The average Bonchev–Trinajstić information content (AvgIpc) is 2.78. The molecule has 2 N–H and O–H groups in total. The Morgan fingerprint density at radius 2 is 1.53 bits per heavy atom. The third-order valence-electron chi connectivity index (χ3n) is 4.36. The summed E-state index contributed by atoms with van der Waals surface area (Å²) in [4.78, 5) is 20.9. The number of fused-ring (bicyclic) bond motifs is 1. The molecule has 7 nitrogen and oxygen atoms in total. The van der Waals surface area contributed by atoms with E-state index in [4.69, 9.17) is 9.97 Å². The molecule has 0 aliphatic rings. The van der Waals surface area contributed by atoms with Crippen molar-refractivity contribution in [2.24, 2.45) is 0 Å². The predicted octanol–water partition coefficient (Wildman–Crippen LogP) is 7.04. The van der Waals surface area contributed by atoms with Gasteiger partial charge in [0.2, 0.25) is 0 Å². The fourth-order valence-corrected chi connectivity index (χ4v) is 3.80. The number of aromatic nitrogens is 2. The Hall–Kier alpha value is -3.65. The maximum Gasteiger partial charge on any atom is 0.270 e. The van der Waals surface area contributed by atoms with Crippen LogP contribution in [0.1, 0.15) is 25.0 Å². The lowest BCUT2D eigenvalue weighted by atomic mass is 10.2. The number of aryl methyl sites for hydroxylation is 2. The number of nitrogens with zero attached hydrogens (tertiary/aromatic N) is 3. The van der Waals surface area contributed by atoms with Gasteiger partial charge < -0.3 is 10.0 Å². The van der Waals surface area contributed by atoms with E-state index < -0.39 is 4.92 Å². The van der Waals surface area contributed by atoms with Crippen LogP contribution in [-0.2, 0) is 0 Å². The van der Waals surface area contributed by atoms with Gasteiger partial charge in [-0.25, -0.2) is 9.97 Å². The monoisotopic (exact) mass is 447 g/mol. The topological polar surface area (TPSA) is 93.0 Å². The second-order valence-electron chi connectivity index (χ2n) is 6.87. The Balaban J connectivity index is 0.00000141. The van der Waals surface area contributed by atoms with Gasteiger partial charge in [0.15, 0.2) is 11.6 Å². The molecule has 0 aliphatic heterocycles. The summed E-state index contributed by atoms with van der Waals surface area (Å²) in [6.45, 7) is 7.86. The summed E-state index contributed by atoms with van der Waals surface area (Å²) in [7, 11) is 0. The molecular formula is C24H25N5O2S. The lowest BCUT2D eigenvalue weighted by Gasteiger charge is -2.13. The lowest BCUT2D eigenvalue weighted by Crippen LogP contribution is -2.02. The maximum absolute atomic E-state index is 11.2. The second kappa shape index (κ2) is 10.6. The molecule has 0 fully saturated rings. The molecule has 0 bridgehead atoms. The zero-order valence-corrected chi connectivity index (χ0v) is 19.2. The first-order chi connectivity index (χ1) is 15.5. The summed E-state index contributed by atoms with van der Waals surface area (Å²) in [5.41, 5.74) is 4.43. The number of rotatable bonds is 6. The Morgan fingerprint density at radius 3 is 2.19 bits per heavy atom. The minimum absolute atomic E-state index is 0.0574. The van der Waals surface area contributed by atoms with Gasteiger partial charge in [-0.1, -0.05) is 38.1 Å². The minimum Gasteiger partial charge on any atom is -0.337 e. The van der Waals surface area contributed by atoms with E-state index in [-0.39, 0.29) is 5.69 Å². The van der Waals surface area contributed by atoms with Crippen LogP contribution in [0.25, 0.3) is 11.0 Å². The molecule has 32 heavy (non-hydrogen) atoms. The first-order valence-corrected chi connectivity index (χ1v) is 11.1. The third-order valence-corrected chi connectivity index (χ3v) is 5.13. The first kappa shape index (κ1) is 23.0. The number of nitro groups is 1. The summed E-state index contributed by atoms with van der Waals surface area (Å²) in [5, 5.41) is 14.5. The molecule has 1 aromatic heterocycles. The third kappa shape index (κ3) is 5.73. The molecule has 3 aromatic carbocycles. The molecule has 0 atom stereocenters. The van der Waals surface area contributed by atoms with Crippen molar-refractivity contribution < 1.29 is 4.92 Å². The van der Waals surface area contributed by atoms with Gasteiger partial charge in [0.1, 0.15) is 0 Å². The predicted molar refractivity (Wildman–Crippen MR) is 133 cm³/mol. The van der Waals surface area contributed by atoms with Crippen LogP contribution in [0.2, 0.25) is 0 Å². The van der Waals surface area contributed by atoms with Crippen molar-refractivity contribution in [1.29, 1.82) is 0 Å². The fraction of sp³-hybridized carbons (Fsp3) is 0.167. The Labute approximate surface area is 191 Å². The molecule has 164 valence electrons. The van der Waals surface area contributed by atoms with Crippen molar-refractivity contribution in [3.8, 4) is 0 Å². The summed E-state index contributed by atoms with van der Waals surface area (Å²) < 4.78 is 3.21. The molecule has 8 heteroatoms. The number of anilines is 3. The fourth-order valence-electron chi connectivity index (χ4n) is 3.02. The van der Waals surface area contributed by atoms with Gasteiger partial charge >= 0.3 is 0 Å². The number of non-ortho nitro benzene ring substituents is 1. The standard InChI is InChI=1S/C22H19N5O2S.C2H6/c1-14-6-5-7-16(10-14)23-21-22(25-20-9-4-3-8-19(20)24-21)26-30-18-12-15(2)11-17(13-18)27(28)29;1-2/h3-13H,1-2H3,(H,23,24)(H,25,26);1-2H3. The number of benzene rings is 3. The highest BCUT2D eigenvalue weighted by molar-refractivity contribution is 8.00. The summed E-state index contributed by atoms with van der Waals surface area (Å²) in [6, 6.07) is 20.6. The Morgan fingerprint density at radius 1 is 0.844 bits per heavy atom. The van der Waals surface area contributed by atoms with Crippen LogP contribution in [0, 0.1) is 24.0 Å². The van der Waals surface area contributed by atoms with Gasteiger partial charge in [-0.2, -0.15) is 0 Å². The lowest BCUT2D eigenvalue weighted by molar-refractivity contribution is -0.385. The molecule has 0 unspecified atom stereocenters. The van der Waals surface area contributed by atoms with E-state index in [2.05, 4.69) is 10.0 Å². The van der Waals surface area contributed by atoms with Gasteiger partial charge in [-0.05, 0) is 67.3 Å². The highest BCUT2D eigenvalue weighted by Gasteiger charge is 2.12. The van der Waals surface area contributed by atoms with E-state index in [1.165, 1.54) is 18.0 Å². The van der Waals surface area contributed by atoms with Gasteiger partial charge in [-0.3, -0.25) is 10.1 Å². The SMILES string of the molecule is CC.Cc1cccc(Nc2nc3ccccc3nc2NSc2cc(C)cc([N+](=O)[O-])c2)c1. The summed E-state index contributed by atoms with van der Waals surface area (Å²) >= 11 is 1.26. The zero-order chi connectivity index (χ0) is 23.1. The normalized spacial score (nSPS) is 10.2. The number of hydrogen-bond donors (Lipinski definition) is 2. The molecule has 0 radical (unpaired) electrons. The van der Waals surface area contributed by atoms with E-state index in [9.17, 15) is 10.1 Å². The van der Waals surface area contributed by atoms with Crippen LogP contribution in [-0.4, -0.2) is 14.9 Å². The zero-order valence-electron chi connectivity index (χ0n) is 18.4. The molecular weight excluding hydrogens is 422 g/mol. The number of nitro benzene ring substituents is 1. The smallest absolute Gasteiger partial charge is 0.270 e. The molecule has 4 aromatic rings. The van der Waals surface area contributed by atoms with Gasteiger partial charge in [0.25, 0.3) is 5.69 Å². The van der Waals surface area contributed by atoms with E-state index >= 15 is 0 Å². The first-order valence-electron chi connectivity index (χ1n) is 10.3. The highest BCUT2D eigenvalue weighted by atomic mass is 32.2. The molecule has 0 aliphatic carbocycles. The maximum atomic E-state index is 11.2. The van der Waals surface area contributed by atoms with Gasteiger partial charge in [0, 0.05) is 22.7 Å². The van der Waals surface area contributed by atoms with E-state index in [0.29, 0.717) is 11.6 Å². The van der Waals surface area contributed by atoms with Gasteiger partial charge in [-0.15, -0.1) is 0 Å². The molecule has 0 saturated heterocycles. The van der Waals surface area contributed by atoms with Crippen molar-refractivity contribution in [2.75, 3.05) is 10.0 Å². The van der Waals surface area contributed by atoms with Crippen molar-refractivity contribution in [1.82, 2.24) is 9.97 Å². The van der Waals surface area contributed by atoms with Crippen LogP contribution in [0.5, 0.6) is 0 Å². The highest BCUT2D eigenvalue weighted by Crippen LogP contribution is 2.31. The van der Waals surface area contributed by atoms with Crippen molar-refractivity contribution in [2.45, 2.75) is 32.6 Å². The van der Waals surface area contributed by atoms with Crippen LogP contribution in [0.15, 0.2) is 71.6 Å². The van der Waals surface area contributed by atoms with Crippen LogP contribution in [0.3, 0.4) is 0 Å². The Kier molecular flexibility index (Phi) is 7.62.